The molecule has 2 aromatic heterocycles. The van der Waals surface area contributed by atoms with Gasteiger partial charge < -0.3 is 9.80 Å². The quantitative estimate of drug-likeness (QED) is 0.452. The van der Waals surface area contributed by atoms with Crippen LogP contribution in [0.2, 0.25) is 10.0 Å². The van der Waals surface area contributed by atoms with E-state index in [9.17, 15) is 18.0 Å². The SMILES string of the molecule is O=C(c1ccc(C(F)(F)F)c(C#Cc2ccccn2)c1)N1CCN(c2ncc(Cl)cc2Cl)CC1. The van der Waals surface area contributed by atoms with Gasteiger partial charge in [0.1, 0.15) is 11.5 Å². The molecule has 4 rings (SSSR count). The fraction of sp³-hybridized carbons (Fsp3) is 0.208. The number of carbonyl (C=O) groups excluding carboxylic acids is 1. The lowest BCUT2D eigenvalue weighted by atomic mass is 10.0. The minimum Gasteiger partial charge on any atom is -0.352 e. The number of piperazine rings is 1. The summed E-state index contributed by atoms with van der Waals surface area (Å²) >= 11 is 12.1. The van der Waals surface area contributed by atoms with E-state index in [1.165, 1.54) is 24.5 Å². The first-order chi connectivity index (χ1) is 16.2. The number of hydrogen-bond acceptors (Lipinski definition) is 4. The van der Waals surface area contributed by atoms with E-state index in [-0.39, 0.29) is 17.0 Å². The van der Waals surface area contributed by atoms with Gasteiger partial charge in [0.25, 0.3) is 5.91 Å². The van der Waals surface area contributed by atoms with Crippen molar-refractivity contribution in [2.24, 2.45) is 0 Å². The number of pyridine rings is 2. The number of rotatable bonds is 2. The molecule has 0 bridgehead atoms. The highest BCUT2D eigenvalue weighted by atomic mass is 35.5. The van der Waals surface area contributed by atoms with Gasteiger partial charge in [-0.1, -0.05) is 35.2 Å². The number of alkyl halides is 3. The van der Waals surface area contributed by atoms with Crippen LogP contribution >= 0.6 is 23.2 Å². The van der Waals surface area contributed by atoms with Crippen LogP contribution in [0.3, 0.4) is 0 Å². The zero-order chi connectivity index (χ0) is 24.3. The molecule has 34 heavy (non-hydrogen) atoms. The van der Waals surface area contributed by atoms with Gasteiger partial charge in [-0.25, -0.2) is 9.97 Å². The zero-order valence-corrected chi connectivity index (χ0v) is 19.1. The molecular formula is C24H17Cl2F3N4O. The molecule has 1 amide bonds. The number of halogens is 5. The largest absolute Gasteiger partial charge is 0.417 e. The van der Waals surface area contributed by atoms with Crippen LogP contribution in [0.4, 0.5) is 19.0 Å². The number of carbonyl (C=O) groups is 1. The third-order valence-corrected chi connectivity index (χ3v) is 5.70. The molecule has 0 aliphatic carbocycles. The number of hydrogen-bond donors (Lipinski definition) is 0. The Balaban J connectivity index is 1.54. The van der Waals surface area contributed by atoms with Gasteiger partial charge in [-0.2, -0.15) is 13.2 Å². The van der Waals surface area contributed by atoms with Gasteiger partial charge in [0.05, 0.1) is 15.6 Å². The standard InChI is InChI=1S/C24H17Cl2F3N4O/c25-18-14-21(26)22(31-15-18)32-9-11-33(12-10-32)23(34)17-5-7-20(24(27,28)29)16(13-17)4-6-19-3-1-2-8-30-19/h1-3,5,7-8,13-15H,9-12H2. The summed E-state index contributed by atoms with van der Waals surface area (Å²) in [7, 11) is 0. The Morgan fingerprint density at radius 3 is 2.38 bits per heavy atom. The molecule has 174 valence electrons. The molecule has 0 saturated carbocycles. The lowest BCUT2D eigenvalue weighted by Gasteiger charge is -2.35. The molecular weight excluding hydrogens is 488 g/mol. The predicted molar refractivity (Wildman–Crippen MR) is 124 cm³/mol. The fourth-order valence-electron chi connectivity index (χ4n) is 3.54. The van der Waals surface area contributed by atoms with E-state index in [2.05, 4.69) is 21.8 Å². The molecule has 10 heteroatoms. The van der Waals surface area contributed by atoms with Crippen molar-refractivity contribution < 1.29 is 18.0 Å². The minimum absolute atomic E-state index is 0.134. The second kappa shape index (κ2) is 9.92. The van der Waals surface area contributed by atoms with Gasteiger partial charge in [-0.05, 0) is 42.3 Å². The summed E-state index contributed by atoms with van der Waals surface area (Å²) in [6.07, 6.45) is -1.61. The summed E-state index contributed by atoms with van der Waals surface area (Å²) in [5.41, 5.74) is -0.715. The molecule has 0 spiro atoms. The number of nitrogens with zero attached hydrogens (tertiary/aromatic N) is 4. The van der Waals surface area contributed by atoms with Crippen LogP contribution in [0, 0.1) is 11.8 Å². The van der Waals surface area contributed by atoms with E-state index in [1.807, 2.05) is 4.90 Å². The molecule has 1 aliphatic heterocycles. The van der Waals surface area contributed by atoms with Crippen molar-refractivity contribution in [3.8, 4) is 11.8 Å². The van der Waals surface area contributed by atoms with Crippen LogP contribution in [0.5, 0.6) is 0 Å². The van der Waals surface area contributed by atoms with Crippen LogP contribution in [0.1, 0.15) is 27.2 Å². The van der Waals surface area contributed by atoms with Crippen molar-refractivity contribution in [2.75, 3.05) is 31.1 Å². The summed E-state index contributed by atoms with van der Waals surface area (Å²) in [4.78, 5) is 24.8. The van der Waals surface area contributed by atoms with Gasteiger partial charge in [-0.3, -0.25) is 4.79 Å². The van der Waals surface area contributed by atoms with Gasteiger partial charge in [-0.15, -0.1) is 0 Å². The summed E-state index contributed by atoms with van der Waals surface area (Å²) in [5.74, 6) is 5.36. The predicted octanol–water partition coefficient (Wildman–Crippen LogP) is 5.16. The molecule has 3 heterocycles. The molecule has 1 saturated heterocycles. The highest BCUT2D eigenvalue weighted by Crippen LogP contribution is 2.33. The third-order valence-electron chi connectivity index (χ3n) is 5.22. The van der Waals surface area contributed by atoms with Crippen LogP contribution in [-0.4, -0.2) is 47.0 Å². The number of aromatic nitrogens is 2. The average molecular weight is 505 g/mol. The van der Waals surface area contributed by atoms with E-state index in [1.54, 1.807) is 29.2 Å². The van der Waals surface area contributed by atoms with Crippen LogP contribution < -0.4 is 4.90 Å². The molecule has 0 N–H and O–H groups in total. The second-order valence-corrected chi connectivity index (χ2v) is 8.30. The Morgan fingerprint density at radius 1 is 0.971 bits per heavy atom. The van der Waals surface area contributed by atoms with E-state index in [0.29, 0.717) is 47.7 Å². The Labute approximate surface area is 204 Å². The molecule has 5 nitrogen and oxygen atoms in total. The molecule has 1 fully saturated rings. The zero-order valence-electron chi connectivity index (χ0n) is 17.6. The van der Waals surface area contributed by atoms with Crippen molar-refractivity contribution in [1.29, 1.82) is 0 Å². The average Bonchev–Trinajstić information content (AvgIpc) is 2.82. The van der Waals surface area contributed by atoms with Gasteiger partial charge >= 0.3 is 6.18 Å². The van der Waals surface area contributed by atoms with Gasteiger partial charge in [0, 0.05) is 49.7 Å². The van der Waals surface area contributed by atoms with Crippen molar-refractivity contribution >= 4 is 34.9 Å². The minimum atomic E-state index is -4.60. The van der Waals surface area contributed by atoms with Gasteiger partial charge in [0.2, 0.25) is 0 Å². The number of anilines is 1. The molecule has 3 aromatic rings. The maximum absolute atomic E-state index is 13.5. The summed E-state index contributed by atoms with van der Waals surface area (Å²) in [5, 5.41) is 0.831. The summed E-state index contributed by atoms with van der Waals surface area (Å²) < 4.78 is 40.5. The molecule has 0 atom stereocenters. The molecule has 0 radical (unpaired) electrons. The molecule has 0 unspecified atom stereocenters. The van der Waals surface area contributed by atoms with Crippen LogP contribution in [0.15, 0.2) is 54.9 Å². The summed E-state index contributed by atoms with van der Waals surface area (Å²) in [6.45, 7) is 1.64. The van der Waals surface area contributed by atoms with Crippen molar-refractivity contribution in [3.05, 3.63) is 87.3 Å². The lowest BCUT2D eigenvalue weighted by molar-refractivity contribution is -0.137. The smallest absolute Gasteiger partial charge is 0.352 e. The van der Waals surface area contributed by atoms with Gasteiger partial charge in [0.15, 0.2) is 0 Å². The van der Waals surface area contributed by atoms with E-state index in [4.69, 9.17) is 23.2 Å². The van der Waals surface area contributed by atoms with Crippen molar-refractivity contribution in [3.63, 3.8) is 0 Å². The Bertz CT molecular complexity index is 1260. The van der Waals surface area contributed by atoms with E-state index < -0.39 is 11.7 Å². The molecule has 1 aliphatic rings. The Morgan fingerprint density at radius 2 is 1.74 bits per heavy atom. The van der Waals surface area contributed by atoms with E-state index >= 15 is 0 Å². The fourth-order valence-corrected chi connectivity index (χ4v) is 4.04. The monoisotopic (exact) mass is 504 g/mol. The van der Waals surface area contributed by atoms with Crippen LogP contribution in [0.25, 0.3) is 0 Å². The lowest BCUT2D eigenvalue weighted by Crippen LogP contribution is -2.49. The maximum atomic E-state index is 13.5. The highest BCUT2D eigenvalue weighted by molar-refractivity contribution is 6.36. The topological polar surface area (TPSA) is 49.3 Å². The first-order valence-electron chi connectivity index (χ1n) is 10.2. The number of benzene rings is 1. The molecule has 1 aromatic carbocycles. The third kappa shape index (κ3) is 5.44. The second-order valence-electron chi connectivity index (χ2n) is 7.46. The van der Waals surface area contributed by atoms with Crippen molar-refractivity contribution in [2.45, 2.75) is 6.18 Å². The highest BCUT2D eigenvalue weighted by Gasteiger charge is 2.34. The maximum Gasteiger partial charge on any atom is 0.417 e. The summed E-state index contributed by atoms with van der Waals surface area (Å²) in [6, 6.07) is 9.82. The van der Waals surface area contributed by atoms with Crippen molar-refractivity contribution in [1.82, 2.24) is 14.9 Å². The Kier molecular flexibility index (Phi) is 6.96. The first kappa shape index (κ1) is 23.9. The van der Waals surface area contributed by atoms with E-state index in [0.717, 1.165) is 6.07 Å². The number of amides is 1. The normalized spacial score (nSPS) is 13.9. The van der Waals surface area contributed by atoms with Crippen LogP contribution in [-0.2, 0) is 6.18 Å². The Hall–Kier alpha value is -3.28. The first-order valence-corrected chi connectivity index (χ1v) is 11.0.